The molecule has 0 bridgehead atoms. The Balaban J connectivity index is 1.55. The van der Waals surface area contributed by atoms with Gasteiger partial charge in [0.2, 0.25) is 0 Å². The number of rotatable bonds is 20. The summed E-state index contributed by atoms with van der Waals surface area (Å²) in [5, 5.41) is 0. The summed E-state index contributed by atoms with van der Waals surface area (Å²) in [5.41, 5.74) is 18.2. The summed E-state index contributed by atoms with van der Waals surface area (Å²) >= 11 is 0. The molecule has 4 aliphatic rings. The van der Waals surface area contributed by atoms with Crippen molar-refractivity contribution in [2.75, 3.05) is 52.7 Å². The lowest BCUT2D eigenvalue weighted by Crippen LogP contribution is -2.63. The molecule has 4 saturated carbocycles. The van der Waals surface area contributed by atoms with Crippen LogP contribution in [0.1, 0.15) is 118 Å². The maximum absolute atomic E-state index is 7.00. The lowest BCUT2D eigenvalue weighted by atomic mass is 9.43. The van der Waals surface area contributed by atoms with Crippen LogP contribution in [-0.2, 0) is 18.9 Å². The van der Waals surface area contributed by atoms with Gasteiger partial charge in [-0.2, -0.15) is 0 Å². The number of ether oxygens (including phenoxy) is 4. The molecule has 0 aromatic heterocycles. The third kappa shape index (κ3) is 8.85. The summed E-state index contributed by atoms with van der Waals surface area (Å²) < 4.78 is 26.3. The first kappa shape index (κ1) is 37.5. The van der Waals surface area contributed by atoms with E-state index in [0.717, 1.165) is 84.4 Å². The molecule has 3 unspecified atom stereocenters. The highest BCUT2D eigenvalue weighted by molar-refractivity contribution is 5.15. The van der Waals surface area contributed by atoms with Gasteiger partial charge in [-0.25, -0.2) is 0 Å². The summed E-state index contributed by atoms with van der Waals surface area (Å²) in [6.07, 6.45) is 15.8. The fraction of sp³-hybridized carbons (Fsp3) is 1.00. The van der Waals surface area contributed by atoms with Crippen LogP contribution in [0.2, 0.25) is 0 Å². The Morgan fingerprint density at radius 1 is 0.689 bits per heavy atom. The molecule has 4 rings (SSSR count). The van der Waals surface area contributed by atoms with Crippen molar-refractivity contribution in [3.05, 3.63) is 0 Å². The molecule has 0 saturated heterocycles. The van der Waals surface area contributed by atoms with Gasteiger partial charge in [0.1, 0.15) is 0 Å². The average molecular weight is 636 g/mol. The van der Waals surface area contributed by atoms with E-state index in [2.05, 4.69) is 34.6 Å². The topological polar surface area (TPSA) is 115 Å². The smallest absolute Gasteiger partial charge is 0.0637 e. The molecule has 4 aliphatic carbocycles. The standard InChI is InChI=1S/C38H73N3O4/c1-27(2)14-23-42-19-6-10-28(3)31-11-12-32-36-33(26-35(38(31,32)5)45-22-9-18-41)37(4)15-13-30(43-20-7-16-39)24-29(37)25-34(36)44-21-8-17-40/h27-36H,6-26,39-41H2,1-5H3/t28-,29?,30-,31-,32+,33+,34-,35+,36?,37?,38-/m1/s1. The Hall–Kier alpha value is -0.280. The summed E-state index contributed by atoms with van der Waals surface area (Å²) in [5.74, 6) is 4.51. The van der Waals surface area contributed by atoms with Gasteiger partial charge in [-0.3, -0.25) is 0 Å². The molecule has 11 atom stereocenters. The maximum atomic E-state index is 7.00. The number of fused-ring (bicyclic) bond motifs is 5. The first-order chi connectivity index (χ1) is 21.7. The molecule has 0 aromatic rings. The Labute approximate surface area is 277 Å². The van der Waals surface area contributed by atoms with Crippen molar-refractivity contribution in [1.29, 1.82) is 0 Å². The molecular weight excluding hydrogens is 562 g/mol. The van der Waals surface area contributed by atoms with E-state index in [1.807, 2.05) is 0 Å². The summed E-state index contributed by atoms with van der Waals surface area (Å²) in [6, 6.07) is 0. The molecule has 7 nitrogen and oxygen atoms in total. The minimum Gasteiger partial charge on any atom is -0.381 e. The number of hydrogen-bond acceptors (Lipinski definition) is 7. The largest absolute Gasteiger partial charge is 0.381 e. The second kappa shape index (κ2) is 17.9. The van der Waals surface area contributed by atoms with Crippen LogP contribution in [0.3, 0.4) is 0 Å². The lowest BCUT2D eigenvalue weighted by molar-refractivity contribution is -0.227. The molecule has 264 valence electrons. The summed E-state index contributed by atoms with van der Waals surface area (Å²) in [6.45, 7) is 18.5. The minimum atomic E-state index is 0.162. The van der Waals surface area contributed by atoms with Crippen LogP contribution in [0, 0.1) is 52.3 Å². The first-order valence-corrected chi connectivity index (χ1v) is 19.2. The van der Waals surface area contributed by atoms with Crippen LogP contribution in [-0.4, -0.2) is 71.0 Å². The second-order valence-electron chi connectivity index (χ2n) is 16.4. The molecule has 0 radical (unpaired) electrons. The van der Waals surface area contributed by atoms with Gasteiger partial charge < -0.3 is 36.1 Å². The summed E-state index contributed by atoms with van der Waals surface area (Å²) in [7, 11) is 0. The van der Waals surface area contributed by atoms with Crippen LogP contribution >= 0.6 is 0 Å². The molecule has 7 heteroatoms. The molecule has 4 fully saturated rings. The lowest BCUT2D eigenvalue weighted by Gasteiger charge is -2.65. The van der Waals surface area contributed by atoms with Crippen molar-refractivity contribution in [3.8, 4) is 0 Å². The van der Waals surface area contributed by atoms with Crippen molar-refractivity contribution in [1.82, 2.24) is 0 Å². The Morgan fingerprint density at radius 2 is 1.38 bits per heavy atom. The molecular formula is C38H73N3O4. The van der Waals surface area contributed by atoms with Crippen molar-refractivity contribution in [2.24, 2.45) is 69.5 Å². The Kier molecular flexibility index (Phi) is 15.0. The zero-order valence-corrected chi connectivity index (χ0v) is 30.0. The van der Waals surface area contributed by atoms with E-state index in [1.54, 1.807) is 0 Å². The van der Waals surface area contributed by atoms with Gasteiger partial charge in [0.15, 0.2) is 0 Å². The minimum absolute atomic E-state index is 0.162. The van der Waals surface area contributed by atoms with Gasteiger partial charge in [-0.05, 0) is 150 Å². The van der Waals surface area contributed by atoms with Gasteiger partial charge in [0.05, 0.1) is 18.3 Å². The van der Waals surface area contributed by atoms with Crippen molar-refractivity contribution < 1.29 is 18.9 Å². The van der Waals surface area contributed by atoms with Gasteiger partial charge in [-0.15, -0.1) is 0 Å². The third-order valence-corrected chi connectivity index (χ3v) is 13.3. The van der Waals surface area contributed by atoms with Gasteiger partial charge in [0.25, 0.3) is 0 Å². The zero-order chi connectivity index (χ0) is 32.5. The molecule has 45 heavy (non-hydrogen) atoms. The van der Waals surface area contributed by atoms with Crippen molar-refractivity contribution in [2.45, 2.75) is 136 Å². The van der Waals surface area contributed by atoms with E-state index in [-0.39, 0.29) is 11.5 Å². The normalized spacial score (nSPS) is 38.6. The van der Waals surface area contributed by atoms with Crippen molar-refractivity contribution >= 4 is 0 Å². The Morgan fingerprint density at radius 3 is 2.07 bits per heavy atom. The van der Waals surface area contributed by atoms with Crippen LogP contribution in [0.4, 0.5) is 0 Å². The van der Waals surface area contributed by atoms with E-state index in [1.165, 1.54) is 32.1 Å². The second-order valence-corrected chi connectivity index (χ2v) is 16.4. The SMILES string of the molecule is CC(C)CCOCCC[C@@H](C)[C@H]1CC[C@H]2C3[C@H](OCCCN)CC4C[C@H](OCCCN)CCC4(C)[C@H]3C[C@H](OCCCN)[C@]12C. The van der Waals surface area contributed by atoms with Gasteiger partial charge in [0, 0.05) is 38.4 Å². The van der Waals surface area contributed by atoms with Crippen molar-refractivity contribution in [3.63, 3.8) is 0 Å². The van der Waals surface area contributed by atoms with E-state index >= 15 is 0 Å². The quantitative estimate of drug-likeness (QED) is 0.130. The Bertz CT molecular complexity index is 846. The van der Waals surface area contributed by atoms with E-state index in [0.29, 0.717) is 78.7 Å². The third-order valence-electron chi connectivity index (χ3n) is 13.3. The van der Waals surface area contributed by atoms with Crippen LogP contribution in [0.15, 0.2) is 0 Å². The highest BCUT2D eigenvalue weighted by Crippen LogP contribution is 2.69. The molecule has 0 aliphatic heterocycles. The maximum Gasteiger partial charge on any atom is 0.0637 e. The highest BCUT2D eigenvalue weighted by Gasteiger charge is 2.66. The predicted molar refractivity (Wildman–Crippen MR) is 185 cm³/mol. The predicted octanol–water partition coefficient (Wildman–Crippen LogP) is 6.55. The molecule has 0 spiro atoms. The molecule has 0 heterocycles. The monoisotopic (exact) mass is 636 g/mol. The van der Waals surface area contributed by atoms with Gasteiger partial charge in [-0.1, -0.05) is 34.6 Å². The zero-order valence-electron chi connectivity index (χ0n) is 30.0. The van der Waals surface area contributed by atoms with Crippen LogP contribution < -0.4 is 17.2 Å². The van der Waals surface area contributed by atoms with Crippen LogP contribution in [0.5, 0.6) is 0 Å². The fourth-order valence-electron chi connectivity index (χ4n) is 10.7. The molecule has 0 aromatic carbocycles. The van der Waals surface area contributed by atoms with Gasteiger partial charge >= 0.3 is 0 Å². The fourth-order valence-corrected chi connectivity index (χ4v) is 10.7. The first-order valence-electron chi connectivity index (χ1n) is 19.2. The molecule has 6 N–H and O–H groups in total. The average Bonchev–Trinajstić information content (AvgIpc) is 3.37. The number of nitrogens with two attached hydrogens (primary N) is 3. The summed E-state index contributed by atoms with van der Waals surface area (Å²) in [4.78, 5) is 0. The number of hydrogen-bond donors (Lipinski definition) is 3. The van der Waals surface area contributed by atoms with E-state index < -0.39 is 0 Å². The molecule has 0 amide bonds. The van der Waals surface area contributed by atoms with Crippen LogP contribution in [0.25, 0.3) is 0 Å². The van der Waals surface area contributed by atoms with E-state index in [4.69, 9.17) is 36.1 Å². The van der Waals surface area contributed by atoms with E-state index in [9.17, 15) is 0 Å². The highest BCUT2D eigenvalue weighted by atomic mass is 16.5.